The summed E-state index contributed by atoms with van der Waals surface area (Å²) in [4.78, 5) is 36.3. The van der Waals surface area contributed by atoms with Gasteiger partial charge in [-0.05, 0) is 26.7 Å². The number of carbonyl (C=O) groups excluding carboxylic acids is 3. The van der Waals surface area contributed by atoms with E-state index >= 15 is 0 Å². The van der Waals surface area contributed by atoms with Gasteiger partial charge >= 0.3 is 12.1 Å². The second-order valence-electron chi connectivity index (χ2n) is 4.70. The molecular weight excluding hydrogens is 278 g/mol. The highest BCUT2D eigenvalue weighted by Gasteiger charge is 2.28. The number of nitrogens with two attached hydrogens (primary N) is 1. The molecule has 1 fully saturated rings. The summed E-state index contributed by atoms with van der Waals surface area (Å²) in [5, 5.41) is 2.71. The van der Waals surface area contributed by atoms with Crippen molar-refractivity contribution in [3.8, 4) is 0 Å². The van der Waals surface area contributed by atoms with Crippen LogP contribution >= 0.6 is 0 Å². The third-order valence-corrected chi connectivity index (χ3v) is 3.19. The number of piperidine rings is 1. The molecule has 0 aromatic heterocycles. The Kier molecular flexibility index (Phi) is 6.93. The minimum atomic E-state index is -1.31. The monoisotopic (exact) mass is 301 g/mol. The Hall–Kier alpha value is -1.83. The van der Waals surface area contributed by atoms with Gasteiger partial charge in [0.25, 0.3) is 0 Å². The van der Waals surface area contributed by atoms with Crippen molar-refractivity contribution in [2.75, 3.05) is 26.3 Å². The van der Waals surface area contributed by atoms with Crippen LogP contribution in [0, 0.1) is 0 Å². The van der Waals surface area contributed by atoms with E-state index in [1.807, 2.05) is 0 Å². The Bertz CT molecular complexity index is 380. The van der Waals surface area contributed by atoms with Crippen molar-refractivity contribution < 1.29 is 23.9 Å². The van der Waals surface area contributed by atoms with Crippen LogP contribution < -0.4 is 11.1 Å². The lowest BCUT2D eigenvalue weighted by Gasteiger charge is -2.31. The van der Waals surface area contributed by atoms with Gasteiger partial charge in [0, 0.05) is 19.1 Å². The minimum Gasteiger partial charge on any atom is -0.464 e. The average molecular weight is 301 g/mol. The minimum absolute atomic E-state index is 0.108. The molecule has 1 atom stereocenters. The smallest absolute Gasteiger partial charge is 0.409 e. The lowest BCUT2D eigenvalue weighted by atomic mass is 10.0. The van der Waals surface area contributed by atoms with Gasteiger partial charge in [-0.15, -0.1) is 0 Å². The summed E-state index contributed by atoms with van der Waals surface area (Å²) in [6.45, 7) is 4.91. The number of nitrogens with zero attached hydrogens (tertiary/aromatic N) is 1. The van der Waals surface area contributed by atoms with Crippen molar-refractivity contribution >= 4 is 18.0 Å². The van der Waals surface area contributed by atoms with Gasteiger partial charge < -0.3 is 25.4 Å². The maximum absolute atomic E-state index is 11.8. The SMILES string of the molecule is CCOC(=O)C(N)C(=O)NC1CCN(C(=O)OCC)CC1. The molecule has 1 saturated heterocycles. The van der Waals surface area contributed by atoms with Gasteiger partial charge in [-0.25, -0.2) is 9.59 Å². The molecule has 21 heavy (non-hydrogen) atoms. The molecule has 0 spiro atoms. The largest absolute Gasteiger partial charge is 0.464 e. The predicted octanol–water partition coefficient (Wildman–Crippen LogP) is -0.386. The quantitative estimate of drug-likeness (QED) is 0.528. The zero-order valence-corrected chi connectivity index (χ0v) is 12.5. The van der Waals surface area contributed by atoms with Gasteiger partial charge in [0.1, 0.15) is 0 Å². The first-order valence-corrected chi connectivity index (χ1v) is 7.13. The number of esters is 1. The first-order valence-electron chi connectivity index (χ1n) is 7.13. The number of hydrogen-bond donors (Lipinski definition) is 2. The maximum atomic E-state index is 11.8. The average Bonchev–Trinajstić information content (AvgIpc) is 2.47. The Morgan fingerprint density at radius 1 is 1.19 bits per heavy atom. The van der Waals surface area contributed by atoms with Gasteiger partial charge in [0.05, 0.1) is 13.2 Å². The molecular formula is C13H23N3O5. The zero-order valence-electron chi connectivity index (χ0n) is 12.5. The molecule has 1 unspecified atom stereocenters. The van der Waals surface area contributed by atoms with Crippen molar-refractivity contribution in [2.24, 2.45) is 5.73 Å². The van der Waals surface area contributed by atoms with Crippen LogP contribution in [-0.4, -0.2) is 61.3 Å². The fourth-order valence-electron chi connectivity index (χ4n) is 2.05. The van der Waals surface area contributed by atoms with Gasteiger partial charge in [0.15, 0.2) is 6.04 Å². The number of likely N-dealkylation sites (tertiary alicyclic amines) is 1. The van der Waals surface area contributed by atoms with Crippen molar-refractivity contribution in [1.82, 2.24) is 10.2 Å². The van der Waals surface area contributed by atoms with E-state index in [0.29, 0.717) is 32.5 Å². The Morgan fingerprint density at radius 2 is 1.76 bits per heavy atom. The van der Waals surface area contributed by atoms with Crippen LogP contribution in [-0.2, 0) is 19.1 Å². The summed E-state index contributed by atoms with van der Waals surface area (Å²) >= 11 is 0. The van der Waals surface area contributed by atoms with E-state index in [4.69, 9.17) is 15.2 Å². The van der Waals surface area contributed by atoms with Gasteiger partial charge in [-0.1, -0.05) is 0 Å². The second-order valence-corrected chi connectivity index (χ2v) is 4.70. The van der Waals surface area contributed by atoms with Gasteiger partial charge in [-0.3, -0.25) is 4.79 Å². The van der Waals surface area contributed by atoms with Crippen LogP contribution in [0.25, 0.3) is 0 Å². The second kappa shape index (κ2) is 8.46. The van der Waals surface area contributed by atoms with E-state index in [2.05, 4.69) is 5.32 Å². The number of carbonyl (C=O) groups is 3. The molecule has 0 aromatic carbocycles. The Morgan fingerprint density at radius 3 is 2.29 bits per heavy atom. The summed E-state index contributed by atoms with van der Waals surface area (Å²) in [5.74, 6) is -1.29. The molecule has 1 heterocycles. The first-order chi connectivity index (χ1) is 9.99. The zero-order chi connectivity index (χ0) is 15.8. The Labute approximate surface area is 123 Å². The summed E-state index contributed by atoms with van der Waals surface area (Å²) in [7, 11) is 0. The highest BCUT2D eigenvalue weighted by molar-refractivity contribution is 6.01. The highest BCUT2D eigenvalue weighted by Crippen LogP contribution is 2.11. The van der Waals surface area contributed by atoms with Crippen LogP contribution in [0.1, 0.15) is 26.7 Å². The van der Waals surface area contributed by atoms with Crippen LogP contribution in [0.4, 0.5) is 4.79 Å². The van der Waals surface area contributed by atoms with E-state index in [9.17, 15) is 14.4 Å². The van der Waals surface area contributed by atoms with Crippen LogP contribution in [0.5, 0.6) is 0 Å². The standard InChI is InChI=1S/C13H23N3O5/c1-3-20-12(18)10(14)11(17)15-9-5-7-16(8-6-9)13(19)21-4-2/h9-10H,3-8,14H2,1-2H3,(H,15,17). The number of rotatable bonds is 5. The highest BCUT2D eigenvalue weighted by atomic mass is 16.6. The molecule has 0 saturated carbocycles. The van der Waals surface area contributed by atoms with Crippen molar-refractivity contribution in [3.05, 3.63) is 0 Å². The van der Waals surface area contributed by atoms with Crippen molar-refractivity contribution in [1.29, 1.82) is 0 Å². The predicted molar refractivity (Wildman–Crippen MR) is 74.4 cm³/mol. The van der Waals surface area contributed by atoms with Gasteiger partial charge in [0.2, 0.25) is 5.91 Å². The first kappa shape index (κ1) is 17.2. The van der Waals surface area contributed by atoms with E-state index in [1.165, 1.54) is 0 Å². The van der Waals surface area contributed by atoms with Crippen molar-refractivity contribution in [2.45, 2.75) is 38.8 Å². The molecule has 0 aliphatic carbocycles. The van der Waals surface area contributed by atoms with E-state index in [-0.39, 0.29) is 18.7 Å². The van der Waals surface area contributed by atoms with E-state index in [1.54, 1.807) is 18.7 Å². The molecule has 8 nitrogen and oxygen atoms in total. The topological polar surface area (TPSA) is 111 Å². The van der Waals surface area contributed by atoms with Gasteiger partial charge in [-0.2, -0.15) is 0 Å². The molecule has 3 N–H and O–H groups in total. The molecule has 120 valence electrons. The normalized spacial score (nSPS) is 17.0. The fraction of sp³-hybridized carbons (Fsp3) is 0.769. The molecule has 0 radical (unpaired) electrons. The number of nitrogens with one attached hydrogen (secondary N) is 1. The summed E-state index contributed by atoms with van der Waals surface area (Å²) in [6.07, 6.45) is 0.853. The molecule has 0 aromatic rings. The number of hydrogen-bond acceptors (Lipinski definition) is 6. The lowest BCUT2D eigenvalue weighted by Crippen LogP contribution is -2.53. The Balaban J connectivity index is 2.36. The molecule has 2 amide bonds. The molecule has 1 aliphatic rings. The van der Waals surface area contributed by atoms with Crippen LogP contribution in [0.2, 0.25) is 0 Å². The lowest BCUT2D eigenvalue weighted by molar-refractivity contribution is -0.148. The number of amides is 2. The molecule has 1 aliphatic heterocycles. The maximum Gasteiger partial charge on any atom is 0.409 e. The summed E-state index contributed by atoms with van der Waals surface area (Å²) < 4.78 is 9.61. The van der Waals surface area contributed by atoms with E-state index < -0.39 is 17.9 Å². The molecule has 0 bridgehead atoms. The van der Waals surface area contributed by atoms with E-state index in [0.717, 1.165) is 0 Å². The molecule has 1 rings (SSSR count). The summed E-state index contributed by atoms with van der Waals surface area (Å²) in [6, 6.07) is -1.42. The third kappa shape index (κ3) is 5.22. The van der Waals surface area contributed by atoms with Crippen molar-refractivity contribution in [3.63, 3.8) is 0 Å². The third-order valence-electron chi connectivity index (χ3n) is 3.19. The van der Waals surface area contributed by atoms with Crippen LogP contribution in [0.3, 0.4) is 0 Å². The fourth-order valence-corrected chi connectivity index (χ4v) is 2.05. The van der Waals surface area contributed by atoms with Crippen LogP contribution in [0.15, 0.2) is 0 Å². The number of ether oxygens (including phenoxy) is 2. The summed E-state index contributed by atoms with van der Waals surface area (Å²) in [5.41, 5.74) is 5.51. The molecule has 8 heteroatoms.